The maximum absolute atomic E-state index is 13.5. The van der Waals surface area contributed by atoms with Crippen molar-refractivity contribution in [3.63, 3.8) is 0 Å². The summed E-state index contributed by atoms with van der Waals surface area (Å²) in [5.41, 5.74) is -1.82. The van der Waals surface area contributed by atoms with Gasteiger partial charge in [0.2, 0.25) is 5.60 Å². The lowest BCUT2D eigenvalue weighted by Gasteiger charge is -2.43. The number of alkyl halides is 3. The SMILES string of the molecule is CC(C)C(O)(C(=O)N1CCC(C2CCN(c3ccc(C(=O)N4CCCC4)c(Cl)c3)CC2)CC1)C(F)(F)F. The maximum Gasteiger partial charge on any atom is 0.426 e. The Kier molecular flexibility index (Phi) is 8.34. The monoisotopic (exact) mass is 543 g/mol. The quantitative estimate of drug-likeness (QED) is 0.569. The minimum atomic E-state index is -5.01. The van der Waals surface area contributed by atoms with E-state index in [1.807, 2.05) is 23.1 Å². The van der Waals surface area contributed by atoms with Crippen LogP contribution in [0.2, 0.25) is 5.02 Å². The van der Waals surface area contributed by atoms with E-state index < -0.39 is 23.6 Å². The number of amides is 2. The predicted molar refractivity (Wildman–Crippen MR) is 137 cm³/mol. The van der Waals surface area contributed by atoms with Gasteiger partial charge in [0.15, 0.2) is 0 Å². The zero-order valence-electron chi connectivity index (χ0n) is 21.6. The minimum Gasteiger partial charge on any atom is -0.372 e. The Morgan fingerprint density at radius 3 is 1.95 bits per heavy atom. The van der Waals surface area contributed by atoms with Crippen LogP contribution in [0.3, 0.4) is 0 Å². The summed E-state index contributed by atoms with van der Waals surface area (Å²) in [6.45, 7) is 6.13. The Morgan fingerprint density at radius 2 is 1.46 bits per heavy atom. The van der Waals surface area contributed by atoms with Crippen LogP contribution in [-0.2, 0) is 4.79 Å². The second kappa shape index (κ2) is 11.0. The molecule has 3 aliphatic heterocycles. The topological polar surface area (TPSA) is 64.1 Å². The summed E-state index contributed by atoms with van der Waals surface area (Å²) in [6.07, 6.45) is 0.221. The van der Waals surface area contributed by atoms with Crippen LogP contribution in [-0.4, -0.2) is 77.8 Å². The molecule has 1 aromatic rings. The first kappa shape index (κ1) is 28.0. The first-order chi connectivity index (χ1) is 17.4. The van der Waals surface area contributed by atoms with E-state index in [1.54, 1.807) is 0 Å². The van der Waals surface area contributed by atoms with Gasteiger partial charge < -0.3 is 19.8 Å². The smallest absolute Gasteiger partial charge is 0.372 e. The highest BCUT2D eigenvalue weighted by Crippen LogP contribution is 2.40. The summed E-state index contributed by atoms with van der Waals surface area (Å²) >= 11 is 6.50. The van der Waals surface area contributed by atoms with Gasteiger partial charge in [-0.3, -0.25) is 9.59 Å². The molecule has 37 heavy (non-hydrogen) atoms. The Balaban J connectivity index is 1.30. The first-order valence-corrected chi connectivity index (χ1v) is 13.7. The van der Waals surface area contributed by atoms with Gasteiger partial charge in [0.1, 0.15) is 0 Å². The molecule has 4 rings (SSSR count). The molecule has 0 saturated carbocycles. The van der Waals surface area contributed by atoms with E-state index in [4.69, 9.17) is 11.6 Å². The van der Waals surface area contributed by atoms with Crippen LogP contribution in [0.4, 0.5) is 18.9 Å². The number of likely N-dealkylation sites (tertiary alicyclic amines) is 2. The van der Waals surface area contributed by atoms with Crippen LogP contribution in [0, 0.1) is 17.8 Å². The lowest BCUT2D eigenvalue weighted by Crippen LogP contribution is -2.62. The van der Waals surface area contributed by atoms with E-state index in [1.165, 1.54) is 18.7 Å². The zero-order chi connectivity index (χ0) is 27.0. The van der Waals surface area contributed by atoms with Gasteiger partial charge in [0.05, 0.1) is 10.6 Å². The van der Waals surface area contributed by atoms with Crippen molar-refractivity contribution in [2.75, 3.05) is 44.2 Å². The standard InChI is InChI=1S/C27H37ClF3N3O3/c1-18(2)26(37,27(29,30)31)25(36)34-15-9-20(10-16-34)19-7-13-32(14-8-19)21-5-6-22(23(28)17-21)24(35)33-11-3-4-12-33/h5-6,17-20,37H,3-4,7-16H2,1-2H3. The maximum atomic E-state index is 13.5. The molecule has 3 fully saturated rings. The third-order valence-electron chi connectivity index (χ3n) is 8.57. The highest BCUT2D eigenvalue weighted by atomic mass is 35.5. The Hall–Kier alpha value is -2.00. The molecule has 1 atom stereocenters. The van der Waals surface area contributed by atoms with Crippen molar-refractivity contribution in [3.8, 4) is 0 Å². The van der Waals surface area contributed by atoms with E-state index in [-0.39, 0.29) is 19.0 Å². The number of carbonyl (C=O) groups is 2. The summed E-state index contributed by atoms with van der Waals surface area (Å²) in [7, 11) is 0. The number of carbonyl (C=O) groups excluding carboxylic acids is 2. The summed E-state index contributed by atoms with van der Waals surface area (Å²) < 4.78 is 40.6. The molecular weight excluding hydrogens is 507 g/mol. The Morgan fingerprint density at radius 1 is 0.919 bits per heavy atom. The van der Waals surface area contributed by atoms with E-state index in [9.17, 15) is 27.9 Å². The van der Waals surface area contributed by atoms with Crippen molar-refractivity contribution in [2.45, 2.75) is 64.1 Å². The number of rotatable bonds is 5. The van der Waals surface area contributed by atoms with Gasteiger partial charge in [0, 0.05) is 50.9 Å². The van der Waals surface area contributed by atoms with Crippen molar-refractivity contribution in [3.05, 3.63) is 28.8 Å². The fourth-order valence-electron chi connectivity index (χ4n) is 6.10. The molecule has 0 aliphatic carbocycles. The van der Waals surface area contributed by atoms with E-state index in [0.717, 1.165) is 57.5 Å². The fraction of sp³-hybridized carbons (Fsp3) is 0.704. The van der Waals surface area contributed by atoms with Crippen molar-refractivity contribution in [2.24, 2.45) is 17.8 Å². The first-order valence-electron chi connectivity index (χ1n) is 13.4. The van der Waals surface area contributed by atoms with E-state index >= 15 is 0 Å². The number of hydrogen-bond donors (Lipinski definition) is 1. The summed E-state index contributed by atoms with van der Waals surface area (Å²) in [4.78, 5) is 30.7. The number of halogens is 4. The molecule has 3 heterocycles. The molecule has 1 unspecified atom stereocenters. The van der Waals surface area contributed by atoms with Gasteiger partial charge in [-0.15, -0.1) is 0 Å². The molecule has 0 bridgehead atoms. The van der Waals surface area contributed by atoms with Gasteiger partial charge in [0.25, 0.3) is 11.8 Å². The summed E-state index contributed by atoms with van der Waals surface area (Å²) in [5, 5.41) is 10.7. The van der Waals surface area contributed by atoms with Crippen LogP contribution < -0.4 is 4.90 Å². The lowest BCUT2D eigenvalue weighted by molar-refractivity contribution is -0.270. The second-order valence-electron chi connectivity index (χ2n) is 11.0. The van der Waals surface area contributed by atoms with Crippen molar-refractivity contribution in [1.82, 2.24) is 9.80 Å². The van der Waals surface area contributed by atoms with E-state index in [2.05, 4.69) is 4.90 Å². The number of benzene rings is 1. The average Bonchev–Trinajstić information content (AvgIpc) is 3.42. The normalized spacial score (nSPS) is 22.0. The molecule has 0 radical (unpaired) electrons. The van der Waals surface area contributed by atoms with Crippen LogP contribution in [0.5, 0.6) is 0 Å². The van der Waals surface area contributed by atoms with Gasteiger partial charge in [-0.25, -0.2) is 0 Å². The Labute approximate surface area is 221 Å². The molecule has 10 heteroatoms. The molecular formula is C27H37ClF3N3O3. The summed E-state index contributed by atoms with van der Waals surface area (Å²) in [6, 6.07) is 5.64. The molecule has 3 saturated heterocycles. The largest absolute Gasteiger partial charge is 0.426 e. The zero-order valence-corrected chi connectivity index (χ0v) is 22.3. The van der Waals surface area contributed by atoms with Crippen molar-refractivity contribution >= 4 is 29.1 Å². The lowest BCUT2D eigenvalue weighted by atomic mass is 9.78. The number of anilines is 1. The predicted octanol–water partition coefficient (Wildman–Crippen LogP) is 4.98. The molecule has 6 nitrogen and oxygen atoms in total. The molecule has 1 N–H and O–H groups in total. The molecule has 0 spiro atoms. The van der Waals surface area contributed by atoms with Crippen LogP contribution in [0.1, 0.15) is 62.7 Å². The highest BCUT2D eigenvalue weighted by Gasteiger charge is 2.62. The summed E-state index contributed by atoms with van der Waals surface area (Å²) in [5.74, 6) is -1.73. The van der Waals surface area contributed by atoms with Crippen molar-refractivity contribution < 1.29 is 27.9 Å². The minimum absolute atomic E-state index is 0.0142. The second-order valence-corrected chi connectivity index (χ2v) is 11.4. The third-order valence-corrected chi connectivity index (χ3v) is 8.88. The van der Waals surface area contributed by atoms with E-state index in [0.29, 0.717) is 35.3 Å². The number of hydrogen-bond acceptors (Lipinski definition) is 4. The van der Waals surface area contributed by atoms with Crippen LogP contribution >= 0.6 is 11.6 Å². The number of piperidine rings is 2. The van der Waals surface area contributed by atoms with Gasteiger partial charge >= 0.3 is 6.18 Å². The Bertz CT molecular complexity index is 983. The number of nitrogens with zero attached hydrogens (tertiary/aromatic N) is 3. The molecule has 206 valence electrons. The van der Waals surface area contributed by atoms with Crippen molar-refractivity contribution in [1.29, 1.82) is 0 Å². The van der Waals surface area contributed by atoms with Crippen LogP contribution in [0.15, 0.2) is 18.2 Å². The van der Waals surface area contributed by atoms with Gasteiger partial charge in [-0.1, -0.05) is 25.4 Å². The molecule has 0 aromatic heterocycles. The molecule has 2 amide bonds. The van der Waals surface area contributed by atoms with Gasteiger partial charge in [-0.05, 0) is 68.6 Å². The third kappa shape index (κ3) is 5.58. The molecule has 3 aliphatic rings. The fourth-order valence-corrected chi connectivity index (χ4v) is 6.36. The highest BCUT2D eigenvalue weighted by molar-refractivity contribution is 6.34. The number of aliphatic hydroxyl groups is 1. The van der Waals surface area contributed by atoms with Crippen LogP contribution in [0.25, 0.3) is 0 Å². The molecule has 1 aromatic carbocycles. The van der Waals surface area contributed by atoms with Gasteiger partial charge in [-0.2, -0.15) is 13.2 Å². The average molecular weight is 544 g/mol.